The quantitative estimate of drug-likeness (QED) is 0.836. The zero-order valence-corrected chi connectivity index (χ0v) is 11.7. The fourth-order valence-electron chi connectivity index (χ4n) is 2.71. The summed E-state index contributed by atoms with van der Waals surface area (Å²) in [7, 11) is 1.59. The van der Waals surface area contributed by atoms with Crippen molar-refractivity contribution < 1.29 is 9.53 Å². The van der Waals surface area contributed by atoms with Crippen LogP contribution >= 0.6 is 0 Å². The van der Waals surface area contributed by atoms with Gasteiger partial charge in [0.1, 0.15) is 5.75 Å². The Kier molecular flexibility index (Phi) is 3.18. The number of carbonyl (C=O) groups excluding carboxylic acids is 1. The smallest absolute Gasteiger partial charge is 0.262 e. The number of anilines is 1. The maximum atomic E-state index is 12.7. The number of fused-ring (bicyclic) bond motifs is 1. The average Bonchev–Trinajstić information content (AvgIpc) is 2.89. The molecule has 0 unspecified atom stereocenters. The number of hydrogen-bond donors (Lipinski definition) is 0. The van der Waals surface area contributed by atoms with E-state index in [1.165, 1.54) is 11.1 Å². The molecule has 3 nitrogen and oxygen atoms in total. The van der Waals surface area contributed by atoms with Gasteiger partial charge in [-0.05, 0) is 37.1 Å². The molecule has 20 heavy (non-hydrogen) atoms. The van der Waals surface area contributed by atoms with Crippen molar-refractivity contribution in [3.63, 3.8) is 0 Å². The highest BCUT2D eigenvalue weighted by Gasteiger charge is 2.27. The van der Waals surface area contributed by atoms with E-state index in [9.17, 15) is 4.79 Å². The van der Waals surface area contributed by atoms with Gasteiger partial charge in [-0.3, -0.25) is 4.79 Å². The summed E-state index contributed by atoms with van der Waals surface area (Å²) in [5.74, 6) is 0.628. The lowest BCUT2D eigenvalue weighted by molar-refractivity contribution is 0.0986. The van der Waals surface area contributed by atoms with Crippen molar-refractivity contribution in [2.75, 3.05) is 18.6 Å². The summed E-state index contributed by atoms with van der Waals surface area (Å²) in [5.41, 5.74) is 4.11. The first kappa shape index (κ1) is 12.7. The fraction of sp³-hybridized carbons (Fsp3) is 0.235. The van der Waals surface area contributed by atoms with E-state index in [4.69, 9.17) is 4.74 Å². The third-order valence-electron chi connectivity index (χ3n) is 3.71. The first-order valence-corrected chi connectivity index (χ1v) is 6.75. The molecule has 0 radical (unpaired) electrons. The molecule has 0 saturated heterocycles. The van der Waals surface area contributed by atoms with Crippen LogP contribution in [0, 0.1) is 6.92 Å². The molecule has 102 valence electrons. The van der Waals surface area contributed by atoms with Gasteiger partial charge in [0, 0.05) is 12.2 Å². The van der Waals surface area contributed by atoms with Gasteiger partial charge in [-0.1, -0.05) is 29.8 Å². The highest BCUT2D eigenvalue weighted by Crippen LogP contribution is 2.31. The summed E-state index contributed by atoms with van der Waals surface area (Å²) in [6.45, 7) is 2.81. The van der Waals surface area contributed by atoms with E-state index in [-0.39, 0.29) is 5.91 Å². The largest absolute Gasteiger partial charge is 0.496 e. The Morgan fingerprint density at radius 3 is 2.80 bits per heavy atom. The second-order valence-electron chi connectivity index (χ2n) is 5.04. The number of ether oxygens (including phenoxy) is 1. The summed E-state index contributed by atoms with van der Waals surface area (Å²) >= 11 is 0. The number of para-hydroxylation sites is 1. The molecule has 0 aromatic heterocycles. The molecule has 0 spiro atoms. The topological polar surface area (TPSA) is 29.5 Å². The van der Waals surface area contributed by atoms with Crippen LogP contribution in [-0.4, -0.2) is 19.6 Å². The highest BCUT2D eigenvalue weighted by atomic mass is 16.5. The molecule has 1 heterocycles. The predicted octanol–water partition coefficient (Wildman–Crippen LogP) is 3.21. The van der Waals surface area contributed by atoms with Crippen LogP contribution in [0.15, 0.2) is 42.5 Å². The molecule has 2 aromatic carbocycles. The Bertz CT molecular complexity index is 664. The average molecular weight is 267 g/mol. The summed E-state index contributed by atoms with van der Waals surface area (Å²) in [6, 6.07) is 13.6. The van der Waals surface area contributed by atoms with E-state index in [2.05, 4.69) is 13.0 Å². The second-order valence-corrected chi connectivity index (χ2v) is 5.04. The molecule has 2 aromatic rings. The zero-order chi connectivity index (χ0) is 14.1. The number of hydrogen-bond acceptors (Lipinski definition) is 2. The van der Waals surface area contributed by atoms with Gasteiger partial charge in [0.15, 0.2) is 0 Å². The molecule has 0 aliphatic carbocycles. The number of nitrogens with zero attached hydrogens (tertiary/aromatic N) is 1. The first-order valence-electron chi connectivity index (χ1n) is 6.75. The van der Waals surface area contributed by atoms with Crippen molar-refractivity contribution in [1.29, 1.82) is 0 Å². The van der Waals surface area contributed by atoms with Gasteiger partial charge in [0.05, 0.1) is 12.7 Å². The Labute approximate surface area is 118 Å². The molecule has 3 rings (SSSR count). The molecule has 1 aliphatic heterocycles. The summed E-state index contributed by atoms with van der Waals surface area (Å²) < 4.78 is 5.29. The molecular weight excluding hydrogens is 250 g/mol. The Morgan fingerprint density at radius 2 is 2.00 bits per heavy atom. The SMILES string of the molecule is COc1ccccc1C(=O)N1CCc2cc(C)ccc21. The lowest BCUT2D eigenvalue weighted by Gasteiger charge is -2.19. The molecule has 1 amide bonds. The highest BCUT2D eigenvalue weighted by molar-refractivity contribution is 6.09. The molecular formula is C17H17NO2. The lowest BCUT2D eigenvalue weighted by Crippen LogP contribution is -2.29. The molecule has 3 heteroatoms. The molecule has 0 fully saturated rings. The first-order chi connectivity index (χ1) is 9.70. The monoisotopic (exact) mass is 267 g/mol. The van der Waals surface area contributed by atoms with Crippen molar-refractivity contribution in [3.8, 4) is 5.75 Å². The predicted molar refractivity (Wildman–Crippen MR) is 79.6 cm³/mol. The van der Waals surface area contributed by atoms with E-state index in [1.807, 2.05) is 41.3 Å². The number of carbonyl (C=O) groups is 1. The van der Waals surface area contributed by atoms with Gasteiger partial charge in [0.25, 0.3) is 5.91 Å². The van der Waals surface area contributed by atoms with E-state index >= 15 is 0 Å². The Morgan fingerprint density at radius 1 is 1.20 bits per heavy atom. The third kappa shape index (κ3) is 2.05. The van der Waals surface area contributed by atoms with Crippen LogP contribution in [0.25, 0.3) is 0 Å². The lowest BCUT2D eigenvalue weighted by atomic mass is 10.1. The van der Waals surface area contributed by atoms with Crippen LogP contribution in [0.2, 0.25) is 0 Å². The molecule has 1 aliphatic rings. The van der Waals surface area contributed by atoms with Gasteiger partial charge in [-0.15, -0.1) is 0 Å². The van der Waals surface area contributed by atoms with Crippen molar-refractivity contribution in [2.24, 2.45) is 0 Å². The van der Waals surface area contributed by atoms with E-state index in [0.717, 1.165) is 18.7 Å². The van der Waals surface area contributed by atoms with E-state index < -0.39 is 0 Å². The van der Waals surface area contributed by atoms with Crippen LogP contribution in [0.1, 0.15) is 21.5 Å². The second kappa shape index (κ2) is 5.00. The van der Waals surface area contributed by atoms with Crippen LogP contribution in [0.5, 0.6) is 5.75 Å². The fourth-order valence-corrected chi connectivity index (χ4v) is 2.71. The van der Waals surface area contributed by atoms with Crippen LogP contribution in [0.3, 0.4) is 0 Å². The number of benzene rings is 2. The summed E-state index contributed by atoms with van der Waals surface area (Å²) in [6.07, 6.45) is 0.915. The number of amides is 1. The minimum Gasteiger partial charge on any atom is -0.496 e. The van der Waals surface area contributed by atoms with Crippen molar-refractivity contribution in [3.05, 3.63) is 59.2 Å². The van der Waals surface area contributed by atoms with Crippen molar-refractivity contribution >= 4 is 11.6 Å². The molecule has 0 atom stereocenters. The van der Waals surface area contributed by atoms with E-state index in [0.29, 0.717) is 11.3 Å². The van der Waals surface area contributed by atoms with Crippen LogP contribution < -0.4 is 9.64 Å². The summed E-state index contributed by atoms with van der Waals surface area (Å²) in [5, 5.41) is 0. The Hall–Kier alpha value is -2.29. The minimum atomic E-state index is 0.00468. The van der Waals surface area contributed by atoms with Gasteiger partial charge < -0.3 is 9.64 Å². The summed E-state index contributed by atoms with van der Waals surface area (Å²) in [4.78, 5) is 14.6. The zero-order valence-electron chi connectivity index (χ0n) is 11.7. The Balaban J connectivity index is 1.98. The van der Waals surface area contributed by atoms with Gasteiger partial charge in [0.2, 0.25) is 0 Å². The third-order valence-corrected chi connectivity index (χ3v) is 3.71. The van der Waals surface area contributed by atoms with Gasteiger partial charge in [-0.25, -0.2) is 0 Å². The van der Waals surface area contributed by atoms with Gasteiger partial charge >= 0.3 is 0 Å². The standard InChI is InChI=1S/C17H17NO2/c1-12-7-8-15-13(11-12)9-10-18(15)17(19)14-5-3-4-6-16(14)20-2/h3-8,11H,9-10H2,1-2H3. The number of aryl methyl sites for hydroxylation is 1. The number of rotatable bonds is 2. The molecule has 0 bridgehead atoms. The van der Waals surface area contributed by atoms with Crippen molar-refractivity contribution in [1.82, 2.24) is 0 Å². The number of methoxy groups -OCH3 is 1. The minimum absolute atomic E-state index is 0.00468. The maximum absolute atomic E-state index is 12.7. The van der Waals surface area contributed by atoms with E-state index in [1.54, 1.807) is 7.11 Å². The van der Waals surface area contributed by atoms with Crippen LogP contribution in [-0.2, 0) is 6.42 Å². The maximum Gasteiger partial charge on any atom is 0.262 e. The van der Waals surface area contributed by atoms with Crippen LogP contribution in [0.4, 0.5) is 5.69 Å². The van der Waals surface area contributed by atoms with Gasteiger partial charge in [-0.2, -0.15) is 0 Å². The van der Waals surface area contributed by atoms with Crippen molar-refractivity contribution in [2.45, 2.75) is 13.3 Å². The molecule has 0 saturated carbocycles. The normalized spacial score (nSPS) is 13.2. The molecule has 0 N–H and O–H groups in total.